The smallest absolute Gasteiger partial charge is 0.293 e. The van der Waals surface area contributed by atoms with E-state index in [1.807, 2.05) is 37.3 Å². The number of likely N-dealkylation sites (tertiary alicyclic amines) is 1. The Morgan fingerprint density at radius 3 is 2.77 bits per heavy atom. The van der Waals surface area contributed by atoms with Crippen LogP contribution in [0.3, 0.4) is 0 Å². The lowest BCUT2D eigenvalue weighted by Crippen LogP contribution is -2.39. The van der Waals surface area contributed by atoms with Crippen LogP contribution in [-0.4, -0.2) is 38.4 Å². The second-order valence-corrected chi connectivity index (χ2v) is 7.58. The van der Waals surface area contributed by atoms with Crippen LogP contribution in [0.15, 0.2) is 47.1 Å². The highest BCUT2D eigenvalue weighted by atomic mass is 16.5. The molecule has 8 heteroatoms. The fourth-order valence-electron chi connectivity index (χ4n) is 3.82. The Kier molecular flexibility index (Phi) is 6.06. The molecule has 31 heavy (non-hydrogen) atoms. The molecule has 2 aromatic heterocycles. The Hall–Kier alpha value is -3.55. The van der Waals surface area contributed by atoms with Crippen LogP contribution < -0.4 is 5.32 Å². The number of amides is 2. The number of hydrogen-bond donors (Lipinski definition) is 1. The third kappa shape index (κ3) is 4.47. The molecule has 3 aromatic rings. The standard InChI is InChI=1S/C23H25N5O3/c1-3-16-13-20(31-27-16)23(30)28-12-8-7-11-19(28)21-18(14-24-15(2)25-21)22(29)26-17-9-5-4-6-10-17/h4-6,9-10,13-14,19H,3,7-8,11-12H2,1-2H3,(H,26,29)/t19-/m0/s1. The maximum atomic E-state index is 13.2. The summed E-state index contributed by atoms with van der Waals surface area (Å²) in [5, 5.41) is 6.84. The number of rotatable bonds is 5. The first-order valence-electron chi connectivity index (χ1n) is 10.5. The van der Waals surface area contributed by atoms with Crippen LogP contribution in [0.1, 0.15) is 70.4 Å². The number of piperidine rings is 1. The normalized spacial score (nSPS) is 16.2. The molecular weight excluding hydrogens is 394 g/mol. The molecule has 0 spiro atoms. The second kappa shape index (κ2) is 9.07. The molecule has 1 saturated heterocycles. The molecule has 160 valence electrons. The number of hydrogen-bond acceptors (Lipinski definition) is 6. The lowest BCUT2D eigenvalue weighted by molar-refractivity contribution is 0.0560. The van der Waals surface area contributed by atoms with Gasteiger partial charge in [-0.1, -0.05) is 30.3 Å². The van der Waals surface area contributed by atoms with Crippen molar-refractivity contribution in [3.8, 4) is 0 Å². The number of para-hydroxylation sites is 1. The molecule has 1 aromatic carbocycles. The number of aromatic nitrogens is 3. The number of carbonyl (C=O) groups is 2. The molecule has 0 unspecified atom stereocenters. The average molecular weight is 419 g/mol. The number of anilines is 1. The van der Waals surface area contributed by atoms with E-state index in [1.54, 1.807) is 17.9 Å². The highest BCUT2D eigenvalue weighted by Gasteiger charge is 2.34. The van der Waals surface area contributed by atoms with E-state index >= 15 is 0 Å². The zero-order chi connectivity index (χ0) is 21.8. The summed E-state index contributed by atoms with van der Waals surface area (Å²) in [5.41, 5.74) is 2.34. The maximum absolute atomic E-state index is 13.2. The van der Waals surface area contributed by atoms with Crippen LogP contribution >= 0.6 is 0 Å². The van der Waals surface area contributed by atoms with Gasteiger partial charge in [-0.15, -0.1) is 0 Å². The minimum atomic E-state index is -0.338. The molecule has 1 aliphatic heterocycles. The van der Waals surface area contributed by atoms with Gasteiger partial charge < -0.3 is 14.7 Å². The topological polar surface area (TPSA) is 101 Å². The molecule has 1 N–H and O–H groups in total. The first kappa shape index (κ1) is 20.7. The SMILES string of the molecule is CCc1cc(C(=O)N2CCCC[C@H]2c2nc(C)ncc2C(=O)Nc2ccccc2)on1. The summed E-state index contributed by atoms with van der Waals surface area (Å²) in [6, 6.07) is 10.6. The van der Waals surface area contributed by atoms with Crippen molar-refractivity contribution in [2.24, 2.45) is 0 Å². The third-order valence-corrected chi connectivity index (χ3v) is 5.43. The van der Waals surface area contributed by atoms with Gasteiger partial charge >= 0.3 is 0 Å². The van der Waals surface area contributed by atoms with E-state index in [0.717, 1.165) is 18.5 Å². The molecular formula is C23H25N5O3. The van der Waals surface area contributed by atoms with Crippen molar-refractivity contribution < 1.29 is 14.1 Å². The predicted octanol–water partition coefficient (Wildman–Crippen LogP) is 3.96. The van der Waals surface area contributed by atoms with Crippen molar-refractivity contribution in [1.29, 1.82) is 0 Å². The van der Waals surface area contributed by atoms with Crippen LogP contribution in [-0.2, 0) is 6.42 Å². The van der Waals surface area contributed by atoms with Gasteiger partial charge in [-0.25, -0.2) is 9.97 Å². The van der Waals surface area contributed by atoms with Gasteiger partial charge in [0, 0.05) is 24.5 Å². The fourth-order valence-corrected chi connectivity index (χ4v) is 3.82. The zero-order valence-electron chi connectivity index (χ0n) is 17.7. The number of benzene rings is 1. The summed E-state index contributed by atoms with van der Waals surface area (Å²) in [4.78, 5) is 36.8. The number of carbonyl (C=O) groups excluding carboxylic acids is 2. The van der Waals surface area contributed by atoms with Gasteiger partial charge in [-0.2, -0.15) is 0 Å². The summed E-state index contributed by atoms with van der Waals surface area (Å²) in [6.07, 6.45) is 4.76. The maximum Gasteiger partial charge on any atom is 0.293 e. The van der Waals surface area contributed by atoms with Gasteiger partial charge in [-0.05, 0) is 44.7 Å². The van der Waals surface area contributed by atoms with E-state index in [2.05, 4.69) is 20.4 Å². The highest BCUT2D eigenvalue weighted by Crippen LogP contribution is 2.33. The number of aryl methyl sites for hydroxylation is 2. The van der Waals surface area contributed by atoms with Gasteiger partial charge in [-0.3, -0.25) is 9.59 Å². The van der Waals surface area contributed by atoms with Crippen LogP contribution in [0.4, 0.5) is 5.69 Å². The first-order chi connectivity index (χ1) is 15.1. The predicted molar refractivity (Wildman–Crippen MR) is 115 cm³/mol. The molecule has 8 nitrogen and oxygen atoms in total. The zero-order valence-corrected chi connectivity index (χ0v) is 17.7. The van der Waals surface area contributed by atoms with E-state index in [0.29, 0.717) is 42.2 Å². The molecule has 2 amide bonds. The highest BCUT2D eigenvalue weighted by molar-refractivity contribution is 6.05. The first-order valence-corrected chi connectivity index (χ1v) is 10.5. The monoisotopic (exact) mass is 419 g/mol. The van der Waals surface area contributed by atoms with Crippen LogP contribution in [0.2, 0.25) is 0 Å². The van der Waals surface area contributed by atoms with Gasteiger partial charge in [0.05, 0.1) is 23.0 Å². The quantitative estimate of drug-likeness (QED) is 0.672. The molecule has 4 rings (SSSR count). The number of nitrogens with one attached hydrogen (secondary N) is 1. The van der Waals surface area contributed by atoms with E-state index in [-0.39, 0.29) is 23.6 Å². The second-order valence-electron chi connectivity index (χ2n) is 7.58. The molecule has 3 heterocycles. The summed E-state index contributed by atoms with van der Waals surface area (Å²) in [6.45, 7) is 4.30. The van der Waals surface area contributed by atoms with Crippen molar-refractivity contribution in [3.05, 3.63) is 71.1 Å². The van der Waals surface area contributed by atoms with Crippen LogP contribution in [0, 0.1) is 6.92 Å². The molecule has 0 saturated carbocycles. The average Bonchev–Trinajstić information content (AvgIpc) is 3.28. The lowest BCUT2D eigenvalue weighted by atomic mass is 9.95. The van der Waals surface area contributed by atoms with Gasteiger partial charge in [0.2, 0.25) is 5.76 Å². The molecule has 0 bridgehead atoms. The van der Waals surface area contributed by atoms with Gasteiger partial charge in [0.25, 0.3) is 11.8 Å². The Morgan fingerprint density at radius 2 is 2.03 bits per heavy atom. The molecule has 0 aliphatic carbocycles. The summed E-state index contributed by atoms with van der Waals surface area (Å²) in [7, 11) is 0. The van der Waals surface area contributed by atoms with Crippen molar-refractivity contribution >= 4 is 17.5 Å². The molecule has 0 radical (unpaired) electrons. The van der Waals surface area contributed by atoms with Crippen molar-refractivity contribution in [3.63, 3.8) is 0 Å². The molecule has 1 fully saturated rings. The molecule has 1 atom stereocenters. The Bertz CT molecular complexity index is 1080. The van der Waals surface area contributed by atoms with E-state index in [9.17, 15) is 9.59 Å². The van der Waals surface area contributed by atoms with Gasteiger partial charge in [0.1, 0.15) is 5.82 Å². The lowest BCUT2D eigenvalue weighted by Gasteiger charge is -2.35. The molecule has 1 aliphatic rings. The van der Waals surface area contributed by atoms with E-state index in [4.69, 9.17) is 4.52 Å². The summed E-state index contributed by atoms with van der Waals surface area (Å²) < 4.78 is 5.28. The Morgan fingerprint density at radius 1 is 1.23 bits per heavy atom. The van der Waals surface area contributed by atoms with Gasteiger partial charge in [0.15, 0.2) is 0 Å². The minimum absolute atomic E-state index is 0.213. The van der Waals surface area contributed by atoms with Crippen LogP contribution in [0.25, 0.3) is 0 Å². The van der Waals surface area contributed by atoms with Crippen LogP contribution in [0.5, 0.6) is 0 Å². The van der Waals surface area contributed by atoms with E-state index < -0.39 is 0 Å². The van der Waals surface area contributed by atoms with E-state index in [1.165, 1.54) is 6.20 Å². The van der Waals surface area contributed by atoms with Crippen molar-refractivity contribution in [2.75, 3.05) is 11.9 Å². The van der Waals surface area contributed by atoms with Crippen molar-refractivity contribution in [1.82, 2.24) is 20.0 Å². The summed E-state index contributed by atoms with van der Waals surface area (Å²) >= 11 is 0. The number of nitrogens with zero attached hydrogens (tertiary/aromatic N) is 4. The Labute approximate surface area is 180 Å². The third-order valence-electron chi connectivity index (χ3n) is 5.43. The van der Waals surface area contributed by atoms with Crippen molar-refractivity contribution in [2.45, 2.75) is 45.6 Å². The minimum Gasteiger partial charge on any atom is -0.351 e. The fraction of sp³-hybridized carbons (Fsp3) is 0.348. The summed E-state index contributed by atoms with van der Waals surface area (Å²) in [5.74, 6) is 0.233. The Balaban J connectivity index is 1.66. The largest absolute Gasteiger partial charge is 0.351 e.